The largest absolute Gasteiger partial charge is 0.441 e. The number of nitrogens with two attached hydrogens (primary N) is 1. The van der Waals surface area contributed by atoms with E-state index in [9.17, 15) is 4.79 Å². The highest BCUT2D eigenvalue weighted by molar-refractivity contribution is 5.98. The molecule has 128 valence electrons. The molecule has 0 unspecified atom stereocenters. The van der Waals surface area contributed by atoms with Crippen LogP contribution in [0.3, 0.4) is 0 Å². The maximum atomic E-state index is 12.4. The molecule has 0 aliphatic carbocycles. The van der Waals surface area contributed by atoms with Crippen LogP contribution >= 0.6 is 0 Å². The zero-order valence-corrected chi connectivity index (χ0v) is 14.0. The maximum absolute atomic E-state index is 12.4. The van der Waals surface area contributed by atoms with Gasteiger partial charge in [0.05, 0.1) is 6.20 Å². The molecule has 24 heavy (non-hydrogen) atoms. The number of carbonyl (C=O) groups excluding carboxylic acids is 1. The average molecular weight is 329 g/mol. The number of oxazole rings is 1. The minimum absolute atomic E-state index is 0.170. The van der Waals surface area contributed by atoms with E-state index in [-0.39, 0.29) is 5.91 Å². The molecule has 0 bridgehead atoms. The van der Waals surface area contributed by atoms with Gasteiger partial charge in [-0.1, -0.05) is 13.8 Å². The number of nitrogens with zero attached hydrogens (tertiary/aromatic N) is 1. The fourth-order valence-corrected chi connectivity index (χ4v) is 2.60. The summed E-state index contributed by atoms with van der Waals surface area (Å²) in [7, 11) is 0. The Morgan fingerprint density at radius 3 is 2.50 bits per heavy atom. The second-order valence-corrected chi connectivity index (χ2v) is 6.52. The molecule has 0 radical (unpaired) electrons. The lowest BCUT2D eigenvalue weighted by Crippen LogP contribution is -2.54. The van der Waals surface area contributed by atoms with Crippen LogP contribution in [0.4, 0.5) is 5.69 Å². The van der Waals surface area contributed by atoms with Crippen LogP contribution in [0.2, 0.25) is 0 Å². The first-order chi connectivity index (χ1) is 11.5. The van der Waals surface area contributed by atoms with Crippen molar-refractivity contribution in [2.75, 3.05) is 18.5 Å². The number of benzene rings is 1. The predicted octanol–water partition coefficient (Wildman–Crippen LogP) is 2.91. The third-order valence-electron chi connectivity index (χ3n) is 4.32. The predicted molar refractivity (Wildman–Crippen MR) is 91.6 cm³/mol. The van der Waals surface area contributed by atoms with Gasteiger partial charge in [0.15, 0.2) is 0 Å². The van der Waals surface area contributed by atoms with Crippen molar-refractivity contribution in [3.05, 3.63) is 36.2 Å². The van der Waals surface area contributed by atoms with Gasteiger partial charge in [-0.15, -0.1) is 0 Å². The summed E-state index contributed by atoms with van der Waals surface area (Å²) in [5.41, 5.74) is 6.90. The Bertz CT molecular complexity index is 701. The lowest BCUT2D eigenvalue weighted by atomic mass is 9.90. The standard InChI is InChI=1S/C18H23N3O3/c1-12(2)15-11-20-16(24-15)13-3-5-14(6-4-13)21-17(22)18(19)7-9-23-10-8-18/h3-6,11-12H,7-10,19H2,1-2H3,(H,21,22). The lowest BCUT2D eigenvalue weighted by Gasteiger charge is -2.31. The minimum Gasteiger partial charge on any atom is -0.441 e. The maximum Gasteiger partial charge on any atom is 0.244 e. The number of amides is 1. The summed E-state index contributed by atoms with van der Waals surface area (Å²) in [5, 5.41) is 2.88. The number of hydrogen-bond donors (Lipinski definition) is 2. The summed E-state index contributed by atoms with van der Waals surface area (Å²) in [4.78, 5) is 16.7. The topological polar surface area (TPSA) is 90.4 Å². The van der Waals surface area contributed by atoms with Crippen LogP contribution in [0.25, 0.3) is 11.5 Å². The molecule has 3 rings (SSSR count). The average Bonchev–Trinajstić information content (AvgIpc) is 3.06. The van der Waals surface area contributed by atoms with E-state index < -0.39 is 5.54 Å². The van der Waals surface area contributed by atoms with Crippen LogP contribution in [-0.2, 0) is 9.53 Å². The fraction of sp³-hybridized carbons (Fsp3) is 0.444. The van der Waals surface area contributed by atoms with Gasteiger partial charge in [-0.2, -0.15) is 0 Å². The smallest absolute Gasteiger partial charge is 0.244 e. The third kappa shape index (κ3) is 3.49. The van der Waals surface area contributed by atoms with E-state index in [4.69, 9.17) is 14.9 Å². The van der Waals surface area contributed by atoms with Gasteiger partial charge in [0.1, 0.15) is 11.3 Å². The zero-order valence-electron chi connectivity index (χ0n) is 14.0. The van der Waals surface area contributed by atoms with Crippen LogP contribution in [-0.4, -0.2) is 29.6 Å². The van der Waals surface area contributed by atoms with E-state index in [2.05, 4.69) is 24.1 Å². The van der Waals surface area contributed by atoms with Crippen LogP contribution in [0.1, 0.15) is 38.4 Å². The van der Waals surface area contributed by atoms with Crippen molar-refractivity contribution in [1.29, 1.82) is 0 Å². The number of nitrogens with one attached hydrogen (secondary N) is 1. The van der Waals surface area contributed by atoms with Crippen molar-refractivity contribution < 1.29 is 13.9 Å². The first-order valence-corrected chi connectivity index (χ1v) is 8.22. The van der Waals surface area contributed by atoms with E-state index in [1.54, 1.807) is 6.20 Å². The van der Waals surface area contributed by atoms with Crippen LogP contribution in [0.15, 0.2) is 34.9 Å². The molecular weight excluding hydrogens is 306 g/mol. The molecule has 1 aromatic heterocycles. The Labute approximate surface area is 141 Å². The Hall–Kier alpha value is -2.18. The zero-order chi connectivity index (χ0) is 17.2. The van der Waals surface area contributed by atoms with Crippen molar-refractivity contribution in [1.82, 2.24) is 4.98 Å². The van der Waals surface area contributed by atoms with E-state index in [0.29, 0.717) is 43.6 Å². The number of carbonyl (C=O) groups is 1. The number of hydrogen-bond acceptors (Lipinski definition) is 5. The van der Waals surface area contributed by atoms with Gasteiger partial charge in [0, 0.05) is 30.4 Å². The minimum atomic E-state index is -0.856. The van der Waals surface area contributed by atoms with Gasteiger partial charge in [0.2, 0.25) is 11.8 Å². The summed E-state index contributed by atoms with van der Waals surface area (Å²) in [6.45, 7) is 5.15. The molecule has 1 aliphatic heterocycles. The molecular formula is C18H23N3O3. The number of anilines is 1. The molecule has 6 heteroatoms. The second kappa shape index (κ2) is 6.75. The molecule has 1 saturated heterocycles. The van der Waals surface area contributed by atoms with E-state index in [1.807, 2.05) is 24.3 Å². The van der Waals surface area contributed by atoms with Gasteiger partial charge < -0.3 is 20.2 Å². The Morgan fingerprint density at radius 1 is 1.25 bits per heavy atom. The van der Waals surface area contributed by atoms with Crippen molar-refractivity contribution >= 4 is 11.6 Å². The number of aromatic nitrogens is 1. The highest BCUT2D eigenvalue weighted by atomic mass is 16.5. The molecule has 1 aliphatic rings. The van der Waals surface area contributed by atoms with Gasteiger partial charge in [-0.25, -0.2) is 4.98 Å². The van der Waals surface area contributed by atoms with E-state index in [1.165, 1.54) is 0 Å². The van der Waals surface area contributed by atoms with Gasteiger partial charge in [-0.05, 0) is 37.1 Å². The first kappa shape index (κ1) is 16.7. The first-order valence-electron chi connectivity index (χ1n) is 8.22. The van der Waals surface area contributed by atoms with E-state index in [0.717, 1.165) is 11.3 Å². The summed E-state index contributed by atoms with van der Waals surface area (Å²) < 4.78 is 11.0. The lowest BCUT2D eigenvalue weighted by molar-refractivity contribution is -0.124. The quantitative estimate of drug-likeness (QED) is 0.900. The SMILES string of the molecule is CC(C)c1cnc(-c2ccc(NC(=O)C3(N)CCOCC3)cc2)o1. The molecule has 0 atom stereocenters. The summed E-state index contributed by atoms with van der Waals surface area (Å²) in [5.74, 6) is 1.56. The van der Waals surface area contributed by atoms with Crippen molar-refractivity contribution in [2.45, 2.75) is 38.1 Å². The van der Waals surface area contributed by atoms with Gasteiger partial charge >= 0.3 is 0 Å². The van der Waals surface area contributed by atoms with Gasteiger partial charge in [-0.3, -0.25) is 4.79 Å². The molecule has 1 fully saturated rings. The fourth-order valence-electron chi connectivity index (χ4n) is 2.60. The van der Waals surface area contributed by atoms with Crippen molar-refractivity contribution in [3.63, 3.8) is 0 Å². The summed E-state index contributed by atoms with van der Waals surface area (Å²) in [6.07, 6.45) is 2.81. The molecule has 0 saturated carbocycles. The molecule has 1 amide bonds. The van der Waals surface area contributed by atoms with E-state index >= 15 is 0 Å². The monoisotopic (exact) mass is 329 g/mol. The molecule has 2 heterocycles. The molecule has 2 aromatic rings. The Morgan fingerprint density at radius 2 is 1.92 bits per heavy atom. The Balaban J connectivity index is 1.69. The number of rotatable bonds is 4. The number of ether oxygens (including phenoxy) is 1. The molecule has 6 nitrogen and oxygen atoms in total. The highest BCUT2D eigenvalue weighted by Gasteiger charge is 2.35. The third-order valence-corrected chi connectivity index (χ3v) is 4.32. The van der Waals surface area contributed by atoms with Crippen LogP contribution < -0.4 is 11.1 Å². The summed E-state index contributed by atoms with van der Waals surface area (Å²) >= 11 is 0. The highest BCUT2D eigenvalue weighted by Crippen LogP contribution is 2.25. The molecule has 1 aromatic carbocycles. The Kier molecular flexibility index (Phi) is 4.69. The summed E-state index contributed by atoms with van der Waals surface area (Å²) in [6, 6.07) is 7.40. The normalized spacial score (nSPS) is 17.0. The second-order valence-electron chi connectivity index (χ2n) is 6.52. The van der Waals surface area contributed by atoms with Crippen molar-refractivity contribution in [2.24, 2.45) is 5.73 Å². The van der Waals surface area contributed by atoms with Crippen molar-refractivity contribution in [3.8, 4) is 11.5 Å². The molecule has 3 N–H and O–H groups in total. The van der Waals surface area contributed by atoms with Crippen LogP contribution in [0.5, 0.6) is 0 Å². The van der Waals surface area contributed by atoms with Crippen LogP contribution in [0, 0.1) is 0 Å². The van der Waals surface area contributed by atoms with Gasteiger partial charge in [0.25, 0.3) is 0 Å². The molecule has 0 spiro atoms.